The number of anilines is 1. The molecule has 7 nitrogen and oxygen atoms in total. The number of halogens is 2. The number of nitrogens with zero attached hydrogens (tertiary/aromatic N) is 3. The second kappa shape index (κ2) is 13.0. The van der Waals surface area contributed by atoms with Gasteiger partial charge >= 0.3 is 0 Å². The summed E-state index contributed by atoms with van der Waals surface area (Å²) in [7, 11) is 0. The molecule has 9 heteroatoms. The third-order valence-corrected chi connectivity index (χ3v) is 7.46. The maximum absolute atomic E-state index is 13.0. The van der Waals surface area contributed by atoms with Gasteiger partial charge in [0.25, 0.3) is 11.8 Å². The average molecular weight is 575 g/mol. The van der Waals surface area contributed by atoms with Gasteiger partial charge in [0.05, 0.1) is 21.9 Å². The molecule has 0 unspecified atom stereocenters. The first-order valence-corrected chi connectivity index (χ1v) is 13.8. The molecule has 0 spiro atoms. The van der Waals surface area contributed by atoms with Crippen LogP contribution in [0.4, 0.5) is 5.69 Å². The predicted octanol–water partition coefficient (Wildman–Crippen LogP) is 6.43. The maximum Gasteiger partial charge on any atom is 0.255 e. The van der Waals surface area contributed by atoms with E-state index in [0.717, 1.165) is 26.1 Å². The molecule has 1 saturated heterocycles. The normalized spacial score (nSPS) is 13.6. The molecule has 0 atom stereocenters. The first-order chi connectivity index (χ1) is 19.4. The largest absolute Gasteiger partial charge is 0.439 e. The summed E-state index contributed by atoms with van der Waals surface area (Å²) >= 11 is 11.9. The van der Waals surface area contributed by atoms with E-state index in [9.17, 15) is 9.59 Å². The van der Waals surface area contributed by atoms with Crippen molar-refractivity contribution in [3.8, 4) is 11.6 Å². The number of pyridine rings is 1. The lowest BCUT2D eigenvalue weighted by Gasteiger charge is -2.34. The molecule has 2 heterocycles. The van der Waals surface area contributed by atoms with Crippen LogP contribution in [0.2, 0.25) is 10.0 Å². The van der Waals surface area contributed by atoms with Crippen molar-refractivity contribution >= 4 is 40.7 Å². The van der Waals surface area contributed by atoms with E-state index in [-0.39, 0.29) is 11.8 Å². The predicted molar refractivity (Wildman–Crippen MR) is 158 cm³/mol. The number of rotatable bonds is 8. The minimum absolute atomic E-state index is 0.0226. The summed E-state index contributed by atoms with van der Waals surface area (Å²) in [6.45, 7) is 4.16. The quantitative estimate of drug-likeness (QED) is 0.262. The van der Waals surface area contributed by atoms with E-state index < -0.39 is 0 Å². The van der Waals surface area contributed by atoms with Gasteiger partial charge in [-0.3, -0.25) is 14.5 Å². The Bertz CT molecular complexity index is 1460. The van der Waals surface area contributed by atoms with Crippen LogP contribution < -0.4 is 10.1 Å². The first-order valence-electron chi connectivity index (χ1n) is 13.0. The number of carbonyl (C=O) groups excluding carboxylic acids is 2. The monoisotopic (exact) mass is 574 g/mol. The minimum atomic E-state index is -0.331. The van der Waals surface area contributed by atoms with Gasteiger partial charge in [-0.2, -0.15) is 0 Å². The van der Waals surface area contributed by atoms with Crippen molar-refractivity contribution in [2.24, 2.45) is 0 Å². The number of nitrogens with one attached hydrogen (secondary N) is 1. The van der Waals surface area contributed by atoms with Crippen LogP contribution in [-0.2, 0) is 6.42 Å². The fourth-order valence-corrected chi connectivity index (χ4v) is 4.73. The van der Waals surface area contributed by atoms with E-state index in [2.05, 4.69) is 39.5 Å². The highest BCUT2D eigenvalue weighted by Crippen LogP contribution is 2.24. The Kier molecular flexibility index (Phi) is 8.96. The van der Waals surface area contributed by atoms with Gasteiger partial charge in [0.2, 0.25) is 5.88 Å². The molecule has 3 aromatic carbocycles. The van der Waals surface area contributed by atoms with E-state index in [1.54, 1.807) is 48.5 Å². The van der Waals surface area contributed by atoms with Crippen molar-refractivity contribution in [2.45, 2.75) is 6.42 Å². The number of amides is 2. The van der Waals surface area contributed by atoms with Gasteiger partial charge in [-0.05, 0) is 60.5 Å². The lowest BCUT2D eigenvalue weighted by Crippen LogP contribution is -2.49. The zero-order valence-electron chi connectivity index (χ0n) is 21.7. The molecule has 0 aliphatic carbocycles. The van der Waals surface area contributed by atoms with E-state index in [1.165, 1.54) is 17.8 Å². The van der Waals surface area contributed by atoms with Crippen molar-refractivity contribution in [1.29, 1.82) is 0 Å². The van der Waals surface area contributed by atoms with Gasteiger partial charge in [-0.1, -0.05) is 53.5 Å². The van der Waals surface area contributed by atoms with Crippen LogP contribution in [0, 0.1) is 0 Å². The summed E-state index contributed by atoms with van der Waals surface area (Å²) in [5.41, 5.74) is 2.85. The van der Waals surface area contributed by atoms with Crippen molar-refractivity contribution in [2.75, 3.05) is 38.0 Å². The molecule has 1 aliphatic heterocycles. The molecular weight excluding hydrogens is 547 g/mol. The van der Waals surface area contributed by atoms with Crippen LogP contribution >= 0.6 is 23.2 Å². The van der Waals surface area contributed by atoms with Crippen molar-refractivity contribution in [3.63, 3.8) is 0 Å². The molecule has 40 heavy (non-hydrogen) atoms. The maximum atomic E-state index is 13.0. The van der Waals surface area contributed by atoms with E-state index in [1.807, 2.05) is 11.0 Å². The molecule has 2 amide bonds. The van der Waals surface area contributed by atoms with Crippen LogP contribution in [0.15, 0.2) is 91.1 Å². The highest BCUT2D eigenvalue weighted by Gasteiger charge is 2.22. The Morgan fingerprint density at radius 3 is 2.23 bits per heavy atom. The van der Waals surface area contributed by atoms with Gasteiger partial charge in [-0.15, -0.1) is 0 Å². The van der Waals surface area contributed by atoms with E-state index in [0.29, 0.717) is 51.6 Å². The van der Waals surface area contributed by atoms with Crippen LogP contribution in [0.25, 0.3) is 0 Å². The van der Waals surface area contributed by atoms with Crippen LogP contribution in [0.3, 0.4) is 0 Å². The number of aromatic nitrogens is 1. The third-order valence-electron chi connectivity index (χ3n) is 6.72. The number of carbonyl (C=O) groups is 2. The zero-order chi connectivity index (χ0) is 27.9. The standard InChI is InChI=1S/C31H28Cl2N4O3/c32-27-12-8-24(20-28(27)33)30(38)35-25-9-13-29(34-21-25)40-26-10-6-23(7-11-26)31(39)37-18-16-36(17-19-37)15-14-22-4-2-1-3-5-22/h1-13,20-21H,14-19H2,(H,35,38). The van der Waals surface area contributed by atoms with Gasteiger partial charge in [0, 0.05) is 49.9 Å². The summed E-state index contributed by atoms with van der Waals surface area (Å²) in [6.07, 6.45) is 2.52. The third kappa shape index (κ3) is 7.18. The molecule has 1 aliphatic rings. The molecule has 1 fully saturated rings. The summed E-state index contributed by atoms with van der Waals surface area (Å²) in [4.78, 5) is 34.0. The highest BCUT2D eigenvalue weighted by atomic mass is 35.5. The Balaban J connectivity index is 1.09. The number of ether oxygens (including phenoxy) is 1. The van der Waals surface area contributed by atoms with Crippen LogP contribution in [-0.4, -0.2) is 59.3 Å². The average Bonchev–Trinajstić information content (AvgIpc) is 2.99. The molecule has 0 saturated carbocycles. The highest BCUT2D eigenvalue weighted by molar-refractivity contribution is 6.42. The van der Waals surface area contributed by atoms with Crippen molar-refractivity contribution < 1.29 is 14.3 Å². The molecular formula is C31H28Cl2N4O3. The van der Waals surface area contributed by atoms with Gasteiger partial charge in [0.1, 0.15) is 5.75 Å². The number of piperazine rings is 1. The summed E-state index contributed by atoms with van der Waals surface area (Å²) in [6, 6.07) is 25.5. The first kappa shape index (κ1) is 27.6. The van der Waals surface area contributed by atoms with Gasteiger partial charge in [-0.25, -0.2) is 4.98 Å². The SMILES string of the molecule is O=C(Nc1ccc(Oc2ccc(C(=O)N3CCN(CCc4ccccc4)CC3)cc2)nc1)c1ccc(Cl)c(Cl)c1. The second-order valence-electron chi connectivity index (χ2n) is 9.46. The Morgan fingerprint density at radius 1 is 0.825 bits per heavy atom. The van der Waals surface area contributed by atoms with Crippen LogP contribution in [0.5, 0.6) is 11.6 Å². The molecule has 0 bridgehead atoms. The molecule has 1 aromatic heterocycles. The Labute approximate surface area is 243 Å². The number of hydrogen-bond acceptors (Lipinski definition) is 5. The topological polar surface area (TPSA) is 74.8 Å². The summed E-state index contributed by atoms with van der Waals surface area (Å²) in [5, 5.41) is 3.45. The fraction of sp³-hybridized carbons (Fsp3) is 0.194. The fourth-order valence-electron chi connectivity index (χ4n) is 4.43. The molecule has 4 aromatic rings. The van der Waals surface area contributed by atoms with E-state index in [4.69, 9.17) is 27.9 Å². The molecule has 0 radical (unpaired) electrons. The Morgan fingerprint density at radius 2 is 1.55 bits per heavy atom. The number of hydrogen-bond donors (Lipinski definition) is 1. The zero-order valence-corrected chi connectivity index (χ0v) is 23.2. The molecule has 5 rings (SSSR count). The van der Waals surface area contributed by atoms with Gasteiger partial charge in [0.15, 0.2) is 0 Å². The summed E-state index contributed by atoms with van der Waals surface area (Å²) in [5.74, 6) is 0.609. The van der Waals surface area contributed by atoms with Crippen molar-refractivity contribution in [1.82, 2.24) is 14.8 Å². The molecule has 1 N–H and O–H groups in total. The summed E-state index contributed by atoms with van der Waals surface area (Å²) < 4.78 is 5.82. The molecule has 204 valence electrons. The van der Waals surface area contributed by atoms with Crippen molar-refractivity contribution in [3.05, 3.63) is 118 Å². The second-order valence-corrected chi connectivity index (χ2v) is 10.3. The Hall–Kier alpha value is -3.91. The number of benzene rings is 3. The lowest BCUT2D eigenvalue weighted by molar-refractivity contribution is 0.0638. The smallest absolute Gasteiger partial charge is 0.255 e. The minimum Gasteiger partial charge on any atom is -0.439 e. The van der Waals surface area contributed by atoms with Crippen LogP contribution in [0.1, 0.15) is 26.3 Å². The lowest BCUT2D eigenvalue weighted by atomic mass is 10.1. The van der Waals surface area contributed by atoms with E-state index >= 15 is 0 Å². The van der Waals surface area contributed by atoms with Gasteiger partial charge < -0.3 is 15.0 Å².